The molecule has 1 aromatic rings. The molecule has 3 N–H and O–H groups in total. The Hall–Kier alpha value is -4.68. The molecule has 2 saturated heterocycles. The largest absolute Gasteiger partial charge is 0.509 e. The lowest BCUT2D eigenvalue weighted by Gasteiger charge is -2.77. The zero-order valence-electron chi connectivity index (χ0n) is 32.1. The Bertz CT molecular complexity index is 1910. The topological polar surface area (TPSA) is 250 Å². The quantitative estimate of drug-likeness (QED) is 0.225. The van der Waals surface area contributed by atoms with Crippen LogP contribution in [0.15, 0.2) is 34.8 Å². The molecule has 306 valence electrons. The fourth-order valence-electron chi connectivity index (χ4n) is 12.1. The molecule has 56 heavy (non-hydrogen) atoms. The van der Waals surface area contributed by atoms with E-state index in [0.29, 0.717) is 0 Å². The number of fused-ring (bicyclic) bond motifs is 3. The van der Waals surface area contributed by atoms with Gasteiger partial charge in [0.15, 0.2) is 40.7 Å². The van der Waals surface area contributed by atoms with E-state index in [9.17, 15) is 44.1 Å². The molecule has 0 amide bonds. The molecule has 18 heteroatoms. The summed E-state index contributed by atoms with van der Waals surface area (Å²) in [5, 5.41) is 40.6. The van der Waals surface area contributed by atoms with Crippen molar-refractivity contribution < 1.29 is 86.4 Å². The highest BCUT2D eigenvalue weighted by atomic mass is 16.8. The van der Waals surface area contributed by atoms with Gasteiger partial charge in [-0.25, -0.2) is 4.79 Å². The number of aliphatic hydroxyl groups is 3. The molecule has 1 unspecified atom stereocenters. The van der Waals surface area contributed by atoms with Gasteiger partial charge in [-0.3, -0.25) is 24.0 Å². The van der Waals surface area contributed by atoms with E-state index < -0.39 is 136 Å². The van der Waals surface area contributed by atoms with Gasteiger partial charge in [0.2, 0.25) is 0 Å². The Labute approximate surface area is 320 Å². The second kappa shape index (κ2) is 12.4. The summed E-state index contributed by atoms with van der Waals surface area (Å²) in [7, 11) is 1.10. The van der Waals surface area contributed by atoms with Crippen LogP contribution in [0.2, 0.25) is 0 Å². The number of hydrogen-bond acceptors (Lipinski definition) is 18. The molecule has 14 atom stereocenters. The van der Waals surface area contributed by atoms with Gasteiger partial charge in [0.1, 0.15) is 12.7 Å². The zero-order chi connectivity index (χ0) is 41.2. The van der Waals surface area contributed by atoms with Gasteiger partial charge >= 0.3 is 36.0 Å². The van der Waals surface area contributed by atoms with E-state index in [2.05, 4.69) is 0 Å². The molecule has 4 saturated carbocycles. The lowest BCUT2D eigenvalue weighted by Crippen LogP contribution is -2.98. The minimum Gasteiger partial charge on any atom is -0.487 e. The molecular formula is C38H46O18. The fraction of sp³-hybridized carbons (Fsp3) is 0.684. The number of aliphatic hydroxyl groups excluding tert-OH is 1. The van der Waals surface area contributed by atoms with Crippen molar-refractivity contribution in [3.05, 3.63) is 36.0 Å². The highest BCUT2D eigenvalue weighted by molar-refractivity contribution is 5.74. The number of allylic oxidation sites excluding steroid dienone is 1. The molecule has 0 aromatic carbocycles. The van der Waals surface area contributed by atoms with E-state index in [4.69, 9.17) is 42.3 Å². The molecule has 3 bridgehead atoms. The van der Waals surface area contributed by atoms with Crippen LogP contribution in [0.3, 0.4) is 0 Å². The van der Waals surface area contributed by atoms with Crippen LogP contribution in [-0.2, 0) is 61.9 Å². The molecule has 4 heterocycles. The van der Waals surface area contributed by atoms with E-state index in [1.165, 1.54) is 38.5 Å². The molecule has 3 aliphatic heterocycles. The van der Waals surface area contributed by atoms with Gasteiger partial charge in [-0.2, -0.15) is 0 Å². The first-order valence-corrected chi connectivity index (χ1v) is 18.3. The van der Waals surface area contributed by atoms with Gasteiger partial charge in [-0.1, -0.05) is 20.8 Å². The number of rotatable bonds is 10. The second-order valence-electron chi connectivity index (χ2n) is 16.3. The molecule has 1 aromatic heterocycles. The first-order chi connectivity index (χ1) is 26.1. The van der Waals surface area contributed by atoms with Crippen molar-refractivity contribution in [1.29, 1.82) is 0 Å². The molecule has 0 radical (unpaired) electrons. The number of carbonyl (C=O) groups excluding carboxylic acids is 6. The maximum Gasteiger partial charge on any atom is 0.509 e. The zero-order valence-corrected chi connectivity index (χ0v) is 32.1. The average molecular weight is 791 g/mol. The van der Waals surface area contributed by atoms with Gasteiger partial charge in [0.05, 0.1) is 42.3 Å². The summed E-state index contributed by atoms with van der Waals surface area (Å²) in [4.78, 5) is 80.7. The summed E-state index contributed by atoms with van der Waals surface area (Å²) >= 11 is 0. The van der Waals surface area contributed by atoms with Gasteiger partial charge < -0.3 is 57.6 Å². The Kier molecular flexibility index (Phi) is 8.76. The predicted molar refractivity (Wildman–Crippen MR) is 180 cm³/mol. The van der Waals surface area contributed by atoms with Gasteiger partial charge in [0.25, 0.3) is 0 Å². The summed E-state index contributed by atoms with van der Waals surface area (Å²) < 4.78 is 53.6. The number of hydrogen-bond donors (Lipinski definition) is 3. The first kappa shape index (κ1) is 39.6. The van der Waals surface area contributed by atoms with Crippen LogP contribution >= 0.6 is 0 Å². The van der Waals surface area contributed by atoms with Crippen LogP contribution in [-0.4, -0.2) is 112 Å². The fourth-order valence-corrected chi connectivity index (χ4v) is 12.1. The van der Waals surface area contributed by atoms with Gasteiger partial charge in [-0.05, 0) is 24.5 Å². The summed E-state index contributed by atoms with van der Waals surface area (Å²) in [6.45, 7) is 7.98. The number of methoxy groups -OCH3 is 1. The van der Waals surface area contributed by atoms with Crippen LogP contribution in [0.4, 0.5) is 4.79 Å². The van der Waals surface area contributed by atoms with E-state index >= 15 is 0 Å². The normalized spacial score (nSPS) is 44.1. The van der Waals surface area contributed by atoms with Crippen molar-refractivity contribution >= 4 is 36.0 Å². The minimum atomic E-state index is -3.04. The van der Waals surface area contributed by atoms with Crippen molar-refractivity contribution in [3.8, 4) is 0 Å². The molecule has 8 rings (SSSR count). The smallest absolute Gasteiger partial charge is 0.487 e. The van der Waals surface area contributed by atoms with Crippen LogP contribution in [0.1, 0.15) is 79.4 Å². The lowest BCUT2D eigenvalue weighted by molar-refractivity contribution is -0.448. The number of carbonyl (C=O) groups is 6. The monoisotopic (exact) mass is 790 g/mol. The minimum absolute atomic E-state index is 0.113. The van der Waals surface area contributed by atoms with E-state index in [-0.39, 0.29) is 17.7 Å². The third kappa shape index (κ3) is 4.37. The number of furan rings is 1. The van der Waals surface area contributed by atoms with Crippen molar-refractivity contribution in [2.75, 3.05) is 13.7 Å². The maximum atomic E-state index is 14.5. The molecule has 18 nitrogen and oxygen atoms in total. The summed E-state index contributed by atoms with van der Waals surface area (Å²) in [5.74, 6) is -7.51. The summed E-state index contributed by atoms with van der Waals surface area (Å²) in [6.07, 6.45) is -7.96. The third-order valence-corrected chi connectivity index (χ3v) is 13.8. The SMILES string of the molecule is CCC1=C[C@@H]2[C@](C)([C@@H](OC(C)=O)c3ccoc3)[C@H](OC(C)=O)[C@H](OC(C)=O)[C@@]3(O)[C@@]24OC(=O)O[C@]25C[C@](C)(C(CC(=O)OC)[C@]23COC(C)=O)[C@H](O)[C@@]5(O)[C@H]4O1. The number of ether oxygens (including phenoxy) is 8. The standard InChI is InChI=1S/C38H46O18/c1-9-22-12-24-33(7,26(51-18(3)40)21-10-11-49-14-21)27(52-19(4)41)28(53-20(5)42)38(47)34(16-50-17(2)39)23(13-25(43)48-8)32(6)15-35(34)36(46,29(32)44)30(54-22)37(24,38)56-31(45)55-35/h10-12,14,23-24,26-30,44,46-47H,9,13,15-16H2,1-8H3/t23?,24-,26+,27-,28+,29+,30-,32-,33-,34-,35-,36-,37-,38+/m1/s1. The van der Waals surface area contributed by atoms with Crippen LogP contribution < -0.4 is 0 Å². The van der Waals surface area contributed by atoms with Crippen molar-refractivity contribution in [2.45, 2.75) is 121 Å². The van der Waals surface area contributed by atoms with Crippen molar-refractivity contribution in [2.24, 2.45) is 28.1 Å². The second-order valence-corrected chi connectivity index (χ2v) is 16.3. The summed E-state index contributed by atoms with van der Waals surface area (Å²) in [6, 6.07) is 1.46. The highest BCUT2D eigenvalue weighted by Crippen LogP contribution is 2.86. The molecular weight excluding hydrogens is 744 g/mol. The highest BCUT2D eigenvalue weighted by Gasteiger charge is 3.04. The van der Waals surface area contributed by atoms with Gasteiger partial charge in [0, 0.05) is 57.4 Å². The van der Waals surface area contributed by atoms with Gasteiger partial charge in [-0.15, -0.1) is 0 Å². The van der Waals surface area contributed by atoms with Crippen LogP contribution in [0.5, 0.6) is 0 Å². The maximum absolute atomic E-state index is 14.5. The third-order valence-electron chi connectivity index (χ3n) is 13.8. The molecule has 2 spiro atoms. The molecule has 7 aliphatic rings. The predicted octanol–water partition coefficient (Wildman–Crippen LogP) is 1.71. The Morgan fingerprint density at radius 2 is 1.62 bits per heavy atom. The van der Waals surface area contributed by atoms with E-state index in [1.807, 2.05) is 0 Å². The lowest BCUT2D eigenvalue weighted by atomic mass is 9.32. The summed E-state index contributed by atoms with van der Waals surface area (Å²) in [5.41, 5.74) is -17.1. The molecule has 6 fully saturated rings. The van der Waals surface area contributed by atoms with Crippen molar-refractivity contribution in [1.82, 2.24) is 0 Å². The average Bonchev–Trinajstić information content (AvgIpc) is 3.74. The van der Waals surface area contributed by atoms with Crippen molar-refractivity contribution in [3.63, 3.8) is 0 Å². The van der Waals surface area contributed by atoms with E-state index in [1.54, 1.807) is 6.92 Å². The Morgan fingerprint density at radius 1 is 0.964 bits per heavy atom. The molecule has 4 aliphatic carbocycles. The Morgan fingerprint density at radius 3 is 2.18 bits per heavy atom. The van der Waals surface area contributed by atoms with Crippen LogP contribution in [0.25, 0.3) is 0 Å². The van der Waals surface area contributed by atoms with Crippen LogP contribution in [0, 0.1) is 28.1 Å². The Balaban J connectivity index is 1.72. The first-order valence-electron chi connectivity index (χ1n) is 18.3. The van der Waals surface area contributed by atoms with E-state index in [0.717, 1.165) is 34.8 Å². The number of esters is 5.